The second kappa shape index (κ2) is 7.47. The molecule has 6 rings (SSSR count). The average Bonchev–Trinajstić information content (AvgIpc) is 3.51. The number of rotatable bonds is 2. The first-order valence-electron chi connectivity index (χ1n) is 13.2. The van der Waals surface area contributed by atoms with Crippen LogP contribution in [0.25, 0.3) is 0 Å². The van der Waals surface area contributed by atoms with Crippen LogP contribution in [0.3, 0.4) is 0 Å². The second-order valence-electron chi connectivity index (χ2n) is 12.9. The summed E-state index contributed by atoms with van der Waals surface area (Å²) in [5.41, 5.74) is -4.09. The number of cyclic esters (lactones) is 3. The van der Waals surface area contributed by atoms with Gasteiger partial charge >= 0.3 is 23.9 Å². The Balaban J connectivity index is 1.54. The number of epoxide rings is 1. The van der Waals surface area contributed by atoms with Gasteiger partial charge in [0.15, 0.2) is 6.10 Å². The zero-order valence-electron chi connectivity index (χ0n) is 22.4. The van der Waals surface area contributed by atoms with Crippen LogP contribution in [0, 0.1) is 28.1 Å². The summed E-state index contributed by atoms with van der Waals surface area (Å²) in [7, 11) is 0. The van der Waals surface area contributed by atoms with Crippen molar-refractivity contribution in [3.05, 3.63) is 23.8 Å². The molecule has 0 aromatic carbocycles. The molecule has 10 heteroatoms. The first-order chi connectivity index (χ1) is 17.6. The Bertz CT molecular complexity index is 1220. The minimum atomic E-state index is -1.53. The molecule has 4 heterocycles. The molecule has 6 aliphatic rings. The van der Waals surface area contributed by atoms with Gasteiger partial charge in [-0.1, -0.05) is 26.8 Å². The molecule has 0 amide bonds. The van der Waals surface area contributed by atoms with Crippen molar-refractivity contribution in [2.24, 2.45) is 28.1 Å². The number of esters is 4. The lowest BCUT2D eigenvalue weighted by Crippen LogP contribution is -2.74. The Hall–Kier alpha value is -2.72. The van der Waals surface area contributed by atoms with Crippen LogP contribution in [-0.4, -0.2) is 64.8 Å². The molecule has 10 nitrogen and oxygen atoms in total. The molecule has 10 atom stereocenters. The van der Waals surface area contributed by atoms with Crippen LogP contribution < -0.4 is 0 Å². The number of ether oxygens (including phenoxy) is 5. The second-order valence-corrected chi connectivity index (χ2v) is 12.9. The topological polar surface area (TPSA) is 138 Å². The van der Waals surface area contributed by atoms with E-state index in [0.29, 0.717) is 19.3 Å². The van der Waals surface area contributed by atoms with E-state index in [-0.39, 0.29) is 17.4 Å². The number of carbonyl (C=O) groups is 4. The van der Waals surface area contributed by atoms with E-state index in [4.69, 9.17) is 23.7 Å². The molecule has 0 radical (unpaired) electrons. The van der Waals surface area contributed by atoms with Crippen molar-refractivity contribution in [1.29, 1.82) is 0 Å². The molecule has 1 spiro atoms. The van der Waals surface area contributed by atoms with Crippen molar-refractivity contribution in [2.75, 3.05) is 0 Å². The van der Waals surface area contributed by atoms with Crippen LogP contribution in [0.2, 0.25) is 0 Å². The molecule has 2 saturated carbocycles. The Labute approximate surface area is 220 Å². The van der Waals surface area contributed by atoms with Gasteiger partial charge < -0.3 is 28.8 Å². The van der Waals surface area contributed by atoms with E-state index in [1.807, 2.05) is 33.8 Å². The van der Waals surface area contributed by atoms with Gasteiger partial charge in [-0.15, -0.1) is 0 Å². The first-order valence-corrected chi connectivity index (χ1v) is 13.2. The number of aliphatic hydroxyl groups excluding tert-OH is 1. The molecular weight excluding hydrogens is 496 g/mol. The van der Waals surface area contributed by atoms with Crippen LogP contribution >= 0.6 is 0 Å². The van der Waals surface area contributed by atoms with Crippen molar-refractivity contribution in [2.45, 2.75) is 96.6 Å². The third kappa shape index (κ3) is 2.90. The van der Waals surface area contributed by atoms with Crippen LogP contribution in [-0.2, 0) is 42.9 Å². The van der Waals surface area contributed by atoms with Gasteiger partial charge in [0.25, 0.3) is 0 Å². The van der Waals surface area contributed by atoms with Crippen LogP contribution in [0.4, 0.5) is 0 Å². The van der Waals surface area contributed by atoms with E-state index >= 15 is 0 Å². The molecular formula is C28H34O10. The fourth-order valence-electron chi connectivity index (χ4n) is 9.33. The van der Waals surface area contributed by atoms with E-state index in [1.54, 1.807) is 0 Å². The lowest BCUT2D eigenvalue weighted by atomic mass is 9.37. The quantitative estimate of drug-likeness (QED) is 0.321. The molecule has 2 saturated heterocycles. The summed E-state index contributed by atoms with van der Waals surface area (Å²) >= 11 is 0. The van der Waals surface area contributed by atoms with Gasteiger partial charge in [0.2, 0.25) is 6.29 Å². The monoisotopic (exact) mass is 530 g/mol. The van der Waals surface area contributed by atoms with E-state index in [0.717, 1.165) is 0 Å². The highest BCUT2D eigenvalue weighted by Gasteiger charge is 2.88. The normalized spacial score (nSPS) is 50.1. The van der Waals surface area contributed by atoms with E-state index in [2.05, 4.69) is 6.92 Å². The summed E-state index contributed by atoms with van der Waals surface area (Å²) in [4.78, 5) is 50.4. The maximum absolute atomic E-state index is 13.3. The van der Waals surface area contributed by atoms with Crippen molar-refractivity contribution in [3.8, 4) is 0 Å². The maximum Gasteiger partial charge on any atom is 0.339 e. The Morgan fingerprint density at radius 2 is 1.74 bits per heavy atom. The first kappa shape index (κ1) is 25.6. The molecule has 206 valence electrons. The Kier molecular flexibility index (Phi) is 5.02. The number of aliphatic hydroxyl groups is 1. The Morgan fingerprint density at radius 1 is 1.03 bits per heavy atom. The van der Waals surface area contributed by atoms with Gasteiger partial charge in [-0.25, -0.2) is 14.4 Å². The molecule has 4 fully saturated rings. The highest BCUT2D eigenvalue weighted by atomic mass is 16.7. The largest absolute Gasteiger partial charge is 0.462 e. The highest BCUT2D eigenvalue weighted by molar-refractivity contribution is 5.87. The summed E-state index contributed by atoms with van der Waals surface area (Å²) in [5.74, 6) is -2.54. The Morgan fingerprint density at radius 3 is 2.37 bits per heavy atom. The highest BCUT2D eigenvalue weighted by Crippen LogP contribution is 2.78. The lowest BCUT2D eigenvalue weighted by Gasteiger charge is -2.67. The summed E-state index contributed by atoms with van der Waals surface area (Å²) in [6, 6.07) is 0. The lowest BCUT2D eigenvalue weighted by molar-refractivity contribution is -0.254. The fourth-order valence-corrected chi connectivity index (χ4v) is 9.33. The number of fused-ring (bicyclic) bond motifs is 3. The average molecular weight is 531 g/mol. The fraction of sp³-hybridized carbons (Fsp3) is 0.714. The van der Waals surface area contributed by atoms with Gasteiger partial charge in [-0.05, 0) is 44.4 Å². The zero-order valence-corrected chi connectivity index (χ0v) is 22.4. The van der Waals surface area contributed by atoms with E-state index < -0.39 is 75.9 Å². The van der Waals surface area contributed by atoms with Gasteiger partial charge in [0, 0.05) is 41.4 Å². The number of carbonyl (C=O) groups excluding carboxylic acids is 4. The predicted molar refractivity (Wildman–Crippen MR) is 128 cm³/mol. The molecule has 4 aliphatic heterocycles. The van der Waals surface area contributed by atoms with E-state index in [9.17, 15) is 24.3 Å². The SMILES string of the molecule is CC(=O)O[C@H]1C[C@H]2C(C)(C)OC(=O)C=C[C@]2(C)[C@H]2CC[C@@]3(C)[C@H](C4=CC(=O)OC4O)OC(=O)[C@H]4O[C@]43[C@]12C. The molecule has 2 aliphatic carbocycles. The minimum absolute atomic E-state index is 0.173. The summed E-state index contributed by atoms with van der Waals surface area (Å²) in [6.45, 7) is 11.2. The molecule has 0 aromatic heterocycles. The smallest absolute Gasteiger partial charge is 0.339 e. The van der Waals surface area contributed by atoms with Crippen LogP contribution in [0.15, 0.2) is 23.8 Å². The standard InChI is InChI=1S/C28H34O10/c1-13(29)34-17-12-16-24(2,3)37-18(30)8-9-25(16,4)15-7-10-26(5)20(14-11-19(31)35-22(14)32)36-23(33)21-28(26,38-21)27(15,17)6/h8-9,11,15-17,20-22,32H,7,10,12H2,1-6H3/t15-,16+,17+,20+,21-,22?,25-,26+,27+,28-/m1/s1. The summed E-state index contributed by atoms with van der Waals surface area (Å²) in [6.07, 6.45) is 2.06. The van der Waals surface area contributed by atoms with Crippen LogP contribution in [0.5, 0.6) is 0 Å². The number of hydrogen-bond acceptors (Lipinski definition) is 10. The van der Waals surface area contributed by atoms with Gasteiger partial charge in [-0.3, -0.25) is 4.79 Å². The third-order valence-electron chi connectivity index (χ3n) is 10.8. The predicted octanol–water partition coefficient (Wildman–Crippen LogP) is 2.12. The van der Waals surface area contributed by atoms with Crippen molar-refractivity contribution in [1.82, 2.24) is 0 Å². The maximum atomic E-state index is 13.3. The molecule has 1 N–H and O–H groups in total. The number of allylic oxidation sites excluding steroid dienone is 1. The summed E-state index contributed by atoms with van der Waals surface area (Å²) < 4.78 is 29.1. The van der Waals surface area contributed by atoms with E-state index in [1.165, 1.54) is 19.1 Å². The van der Waals surface area contributed by atoms with Gasteiger partial charge in [0.1, 0.15) is 23.4 Å². The molecule has 0 bridgehead atoms. The third-order valence-corrected chi connectivity index (χ3v) is 10.8. The molecule has 0 aromatic rings. The van der Waals surface area contributed by atoms with Crippen molar-refractivity contribution >= 4 is 23.9 Å². The summed E-state index contributed by atoms with van der Waals surface area (Å²) in [5, 5.41) is 10.5. The van der Waals surface area contributed by atoms with Crippen LogP contribution in [0.1, 0.15) is 60.8 Å². The minimum Gasteiger partial charge on any atom is -0.462 e. The molecule has 1 unspecified atom stereocenters. The number of hydrogen-bond donors (Lipinski definition) is 1. The molecule has 38 heavy (non-hydrogen) atoms. The van der Waals surface area contributed by atoms with Crippen molar-refractivity contribution in [3.63, 3.8) is 0 Å². The zero-order chi connectivity index (χ0) is 27.6. The van der Waals surface area contributed by atoms with Crippen molar-refractivity contribution < 1.29 is 48.0 Å². The van der Waals surface area contributed by atoms with Gasteiger partial charge in [0.05, 0.1) is 0 Å². The van der Waals surface area contributed by atoms with Gasteiger partial charge in [-0.2, -0.15) is 0 Å².